The molecule has 0 aliphatic carbocycles. The maximum atomic E-state index is 5.60. The summed E-state index contributed by atoms with van der Waals surface area (Å²) in [4.78, 5) is 12.4. The molecule has 3 N–H and O–H groups in total. The Morgan fingerprint density at radius 1 is 1.42 bits per heavy atom. The molecule has 102 valence electrons. The van der Waals surface area contributed by atoms with Crippen molar-refractivity contribution in [2.24, 2.45) is 0 Å². The molecular weight excluding hydrogens is 242 g/mol. The highest BCUT2D eigenvalue weighted by molar-refractivity contribution is 5.46. The SMILES string of the molecule is CCCn1ncnc1[C@@H](C)Nc1nc(N)ncc1C. The zero-order valence-corrected chi connectivity index (χ0v) is 11.5. The Balaban J connectivity index is 2.18. The molecule has 0 spiro atoms. The highest BCUT2D eigenvalue weighted by Crippen LogP contribution is 2.19. The number of nitrogens with two attached hydrogens (primary N) is 1. The lowest BCUT2D eigenvalue weighted by atomic mass is 10.2. The van der Waals surface area contributed by atoms with Gasteiger partial charge in [0.15, 0.2) is 0 Å². The third kappa shape index (κ3) is 2.98. The molecule has 1 atom stereocenters. The van der Waals surface area contributed by atoms with Crippen LogP contribution < -0.4 is 11.1 Å². The molecule has 0 aromatic carbocycles. The third-order valence-electron chi connectivity index (χ3n) is 2.81. The standard InChI is InChI=1S/C12H19N7/c1-4-5-19-11(15-7-16-19)9(3)17-10-8(2)6-14-12(13)18-10/h6-7,9H,4-5H2,1-3H3,(H3,13,14,17,18)/t9-/m1/s1. The van der Waals surface area contributed by atoms with E-state index in [4.69, 9.17) is 5.73 Å². The number of rotatable bonds is 5. The van der Waals surface area contributed by atoms with Gasteiger partial charge in [0.25, 0.3) is 0 Å². The first-order chi connectivity index (χ1) is 9.11. The van der Waals surface area contributed by atoms with E-state index in [0.717, 1.165) is 30.2 Å². The van der Waals surface area contributed by atoms with E-state index in [-0.39, 0.29) is 12.0 Å². The minimum Gasteiger partial charge on any atom is -0.368 e. The van der Waals surface area contributed by atoms with Gasteiger partial charge < -0.3 is 11.1 Å². The van der Waals surface area contributed by atoms with E-state index in [1.807, 2.05) is 18.5 Å². The number of anilines is 2. The Labute approximate surface area is 112 Å². The maximum absolute atomic E-state index is 5.60. The van der Waals surface area contributed by atoms with Crippen molar-refractivity contribution in [3.63, 3.8) is 0 Å². The van der Waals surface area contributed by atoms with Gasteiger partial charge in [0.2, 0.25) is 5.95 Å². The third-order valence-corrected chi connectivity index (χ3v) is 2.81. The van der Waals surface area contributed by atoms with E-state index in [9.17, 15) is 0 Å². The molecule has 0 aliphatic heterocycles. The van der Waals surface area contributed by atoms with E-state index in [1.165, 1.54) is 0 Å². The van der Waals surface area contributed by atoms with Crippen LogP contribution in [0.25, 0.3) is 0 Å². The van der Waals surface area contributed by atoms with Gasteiger partial charge in [-0.15, -0.1) is 0 Å². The molecule has 7 nitrogen and oxygen atoms in total. The Morgan fingerprint density at radius 2 is 2.21 bits per heavy atom. The van der Waals surface area contributed by atoms with Crippen molar-refractivity contribution in [2.75, 3.05) is 11.1 Å². The van der Waals surface area contributed by atoms with Gasteiger partial charge in [-0.3, -0.25) is 0 Å². The predicted octanol–water partition coefficient (Wildman–Crippen LogP) is 1.54. The molecule has 0 saturated carbocycles. The number of hydrogen-bond donors (Lipinski definition) is 2. The number of hydrogen-bond acceptors (Lipinski definition) is 6. The fourth-order valence-corrected chi connectivity index (χ4v) is 1.86. The Hall–Kier alpha value is -2.18. The van der Waals surface area contributed by atoms with Gasteiger partial charge in [0.1, 0.15) is 18.0 Å². The fourth-order valence-electron chi connectivity index (χ4n) is 1.86. The number of nitrogens with one attached hydrogen (secondary N) is 1. The van der Waals surface area contributed by atoms with E-state index < -0.39 is 0 Å². The molecule has 2 heterocycles. The van der Waals surface area contributed by atoms with Crippen LogP contribution in [0.4, 0.5) is 11.8 Å². The summed E-state index contributed by atoms with van der Waals surface area (Å²) >= 11 is 0. The molecule has 0 aliphatic rings. The first-order valence-electron chi connectivity index (χ1n) is 6.35. The van der Waals surface area contributed by atoms with Gasteiger partial charge in [-0.25, -0.2) is 14.6 Å². The minimum atomic E-state index is 0.00190. The second-order valence-electron chi connectivity index (χ2n) is 4.47. The number of nitrogens with zero attached hydrogens (tertiary/aromatic N) is 5. The quantitative estimate of drug-likeness (QED) is 0.847. The van der Waals surface area contributed by atoms with Crippen molar-refractivity contribution in [3.8, 4) is 0 Å². The van der Waals surface area contributed by atoms with Crippen molar-refractivity contribution in [1.29, 1.82) is 0 Å². The highest BCUT2D eigenvalue weighted by Gasteiger charge is 2.14. The molecule has 2 rings (SSSR count). The van der Waals surface area contributed by atoms with Crippen LogP contribution in [0, 0.1) is 6.92 Å². The molecule has 0 radical (unpaired) electrons. The van der Waals surface area contributed by atoms with Crippen LogP contribution in [0.1, 0.15) is 37.7 Å². The summed E-state index contributed by atoms with van der Waals surface area (Å²) in [6.45, 7) is 6.92. The molecule has 0 saturated heterocycles. The summed E-state index contributed by atoms with van der Waals surface area (Å²) in [5, 5.41) is 7.51. The van der Waals surface area contributed by atoms with Crippen molar-refractivity contribution in [2.45, 2.75) is 39.8 Å². The molecule has 2 aromatic rings. The number of aryl methyl sites for hydroxylation is 2. The Kier molecular flexibility index (Phi) is 3.94. The largest absolute Gasteiger partial charge is 0.368 e. The van der Waals surface area contributed by atoms with Gasteiger partial charge in [-0.05, 0) is 20.3 Å². The topological polar surface area (TPSA) is 94.5 Å². The van der Waals surface area contributed by atoms with Gasteiger partial charge in [0, 0.05) is 18.3 Å². The molecule has 0 unspecified atom stereocenters. The smallest absolute Gasteiger partial charge is 0.221 e. The van der Waals surface area contributed by atoms with Gasteiger partial charge in [0.05, 0.1) is 6.04 Å². The van der Waals surface area contributed by atoms with Crippen LogP contribution in [-0.4, -0.2) is 24.7 Å². The fraction of sp³-hybridized carbons (Fsp3) is 0.500. The molecule has 7 heteroatoms. The van der Waals surface area contributed by atoms with Crippen LogP contribution in [0.15, 0.2) is 12.5 Å². The Bertz CT molecular complexity index is 549. The highest BCUT2D eigenvalue weighted by atomic mass is 15.3. The van der Waals surface area contributed by atoms with Gasteiger partial charge in [-0.2, -0.15) is 10.1 Å². The zero-order chi connectivity index (χ0) is 13.8. The van der Waals surface area contributed by atoms with Crippen molar-refractivity contribution in [3.05, 3.63) is 23.9 Å². The molecule has 2 aromatic heterocycles. The number of nitrogen functional groups attached to an aromatic ring is 1. The molecule has 0 fully saturated rings. The van der Waals surface area contributed by atoms with Crippen molar-refractivity contribution in [1.82, 2.24) is 24.7 Å². The number of aromatic nitrogens is 5. The Morgan fingerprint density at radius 3 is 2.95 bits per heavy atom. The van der Waals surface area contributed by atoms with Crippen LogP contribution in [0.5, 0.6) is 0 Å². The van der Waals surface area contributed by atoms with Gasteiger partial charge in [-0.1, -0.05) is 6.92 Å². The first kappa shape index (κ1) is 13.3. The summed E-state index contributed by atoms with van der Waals surface area (Å²) in [6, 6.07) is 0.00190. The lowest BCUT2D eigenvalue weighted by Crippen LogP contribution is -2.16. The molecule has 0 amide bonds. The summed E-state index contributed by atoms with van der Waals surface area (Å²) in [6.07, 6.45) is 4.29. The molecule has 19 heavy (non-hydrogen) atoms. The monoisotopic (exact) mass is 261 g/mol. The first-order valence-corrected chi connectivity index (χ1v) is 6.35. The van der Waals surface area contributed by atoms with Crippen LogP contribution >= 0.6 is 0 Å². The molecular formula is C12H19N7. The zero-order valence-electron chi connectivity index (χ0n) is 11.5. The van der Waals surface area contributed by atoms with E-state index >= 15 is 0 Å². The maximum Gasteiger partial charge on any atom is 0.221 e. The summed E-state index contributed by atoms with van der Waals surface area (Å²) < 4.78 is 1.90. The summed E-state index contributed by atoms with van der Waals surface area (Å²) in [5.74, 6) is 1.87. The van der Waals surface area contributed by atoms with E-state index in [1.54, 1.807) is 12.5 Å². The van der Waals surface area contributed by atoms with E-state index in [0.29, 0.717) is 0 Å². The normalized spacial score (nSPS) is 12.4. The molecule has 0 bridgehead atoms. The average molecular weight is 261 g/mol. The van der Waals surface area contributed by atoms with Crippen LogP contribution in [-0.2, 0) is 6.54 Å². The summed E-state index contributed by atoms with van der Waals surface area (Å²) in [5.41, 5.74) is 6.55. The minimum absolute atomic E-state index is 0.00190. The average Bonchev–Trinajstić information content (AvgIpc) is 2.82. The van der Waals surface area contributed by atoms with Crippen molar-refractivity contribution >= 4 is 11.8 Å². The predicted molar refractivity (Wildman–Crippen MR) is 73.5 cm³/mol. The lowest BCUT2D eigenvalue weighted by molar-refractivity contribution is 0.553. The van der Waals surface area contributed by atoms with Gasteiger partial charge >= 0.3 is 0 Å². The second-order valence-corrected chi connectivity index (χ2v) is 4.47. The second kappa shape index (κ2) is 5.64. The van der Waals surface area contributed by atoms with E-state index in [2.05, 4.69) is 32.3 Å². The van der Waals surface area contributed by atoms with Crippen LogP contribution in [0.3, 0.4) is 0 Å². The lowest BCUT2D eigenvalue weighted by Gasteiger charge is -2.16. The van der Waals surface area contributed by atoms with Crippen LogP contribution in [0.2, 0.25) is 0 Å². The van der Waals surface area contributed by atoms with Crippen molar-refractivity contribution < 1.29 is 0 Å². The summed E-state index contributed by atoms with van der Waals surface area (Å²) in [7, 11) is 0.